The molecule has 0 aliphatic carbocycles. The molecular weight excluding hydrogens is 987 g/mol. The van der Waals surface area contributed by atoms with Crippen LogP contribution in [-0.2, 0) is 0 Å². The van der Waals surface area contributed by atoms with Crippen LogP contribution in [0.5, 0.6) is 0 Å². The fraction of sp³-hybridized carbons (Fsp3) is 0. The molecule has 16 aromatic rings. The lowest BCUT2D eigenvalue weighted by Gasteiger charge is -2.16. The summed E-state index contributed by atoms with van der Waals surface area (Å²) in [6, 6.07) is 96.8. The summed E-state index contributed by atoms with van der Waals surface area (Å²) in [5, 5.41) is 7.12. The lowest BCUT2D eigenvalue weighted by molar-refractivity contribution is 1.16. The van der Waals surface area contributed by atoms with Crippen molar-refractivity contribution < 1.29 is 0 Å². The van der Waals surface area contributed by atoms with Crippen LogP contribution in [0.15, 0.2) is 273 Å². The van der Waals surface area contributed by atoms with Crippen LogP contribution in [0.2, 0.25) is 0 Å². The molecule has 0 radical (unpaired) electrons. The minimum atomic E-state index is 0.646. The number of nitrogens with zero attached hydrogens (tertiary/aromatic N) is 5. The third-order valence-corrected chi connectivity index (χ3v) is 15.9. The Morgan fingerprint density at radius 1 is 0.222 bits per heavy atom. The van der Waals surface area contributed by atoms with Crippen molar-refractivity contribution in [3.05, 3.63) is 273 Å². The monoisotopic (exact) mass is 1030 g/mol. The molecule has 0 aliphatic heterocycles. The third-order valence-electron chi connectivity index (χ3n) is 15.9. The van der Waals surface area contributed by atoms with Crippen LogP contribution in [-0.4, -0.2) is 34.5 Å². The molecule has 378 valence electrons. The maximum absolute atomic E-state index is 5.42. The van der Waals surface area contributed by atoms with Gasteiger partial charge >= 0.3 is 0 Å². The molecular formula is C74H47N7. The number of H-pyrrole nitrogens is 2. The van der Waals surface area contributed by atoms with E-state index in [1.165, 1.54) is 21.5 Å². The average molecular weight is 1030 g/mol. The Hall–Kier alpha value is -11.0. The molecule has 5 heterocycles. The van der Waals surface area contributed by atoms with Crippen molar-refractivity contribution in [3.63, 3.8) is 0 Å². The first-order valence-electron chi connectivity index (χ1n) is 27.3. The van der Waals surface area contributed by atoms with Crippen molar-refractivity contribution in [3.8, 4) is 95.7 Å². The number of hydrogen-bond acceptors (Lipinski definition) is 4. The molecule has 0 saturated heterocycles. The van der Waals surface area contributed by atoms with Gasteiger partial charge in [-0.25, -0.2) is 19.9 Å². The molecule has 81 heavy (non-hydrogen) atoms. The average Bonchev–Trinajstić information content (AvgIpc) is 4.35. The van der Waals surface area contributed by atoms with E-state index in [1.54, 1.807) is 0 Å². The van der Waals surface area contributed by atoms with E-state index in [0.29, 0.717) is 11.6 Å². The van der Waals surface area contributed by atoms with Crippen LogP contribution >= 0.6 is 0 Å². The first-order valence-corrected chi connectivity index (χ1v) is 27.3. The maximum Gasteiger partial charge on any atom is 0.160 e. The number of benzene rings is 11. The summed E-state index contributed by atoms with van der Waals surface area (Å²) in [6.45, 7) is 0. The molecule has 0 atom stereocenters. The van der Waals surface area contributed by atoms with Gasteiger partial charge in [-0.1, -0.05) is 182 Å². The van der Waals surface area contributed by atoms with Gasteiger partial charge in [0.05, 0.1) is 33.8 Å². The fourth-order valence-corrected chi connectivity index (χ4v) is 11.9. The SMILES string of the molecule is c1ccc(-c2cc(-c3cc(-c4cc(-c5ccccc5)nc(-c5ccccc5)n4)cc(-n4c5ccc(-c6ccc7[nH]c8ccccc8c7c6)cc5c5cc(-c6ccc7[nH]c8ccccc8c7c6)ccc54)c3)nc(-c3ccccc3)n2)cc1. The van der Waals surface area contributed by atoms with Crippen LogP contribution < -0.4 is 0 Å². The van der Waals surface area contributed by atoms with E-state index in [9.17, 15) is 0 Å². The highest BCUT2D eigenvalue weighted by Gasteiger charge is 2.21. The largest absolute Gasteiger partial charge is 0.355 e. The van der Waals surface area contributed by atoms with Crippen molar-refractivity contribution in [2.24, 2.45) is 0 Å². The second kappa shape index (κ2) is 18.9. The first kappa shape index (κ1) is 46.1. The van der Waals surface area contributed by atoms with E-state index < -0.39 is 0 Å². The second-order valence-electron chi connectivity index (χ2n) is 20.8. The molecule has 11 aromatic carbocycles. The Morgan fingerprint density at radius 2 is 0.556 bits per heavy atom. The number of nitrogens with one attached hydrogen (secondary N) is 2. The molecule has 7 nitrogen and oxygen atoms in total. The molecule has 0 amide bonds. The molecule has 0 fully saturated rings. The van der Waals surface area contributed by atoms with Crippen molar-refractivity contribution in [1.82, 2.24) is 34.5 Å². The summed E-state index contributed by atoms with van der Waals surface area (Å²) in [7, 11) is 0. The summed E-state index contributed by atoms with van der Waals surface area (Å²) in [4.78, 5) is 28.5. The zero-order valence-corrected chi connectivity index (χ0v) is 43.7. The van der Waals surface area contributed by atoms with Crippen LogP contribution in [0, 0.1) is 0 Å². The number of para-hydroxylation sites is 2. The summed E-state index contributed by atoms with van der Waals surface area (Å²) >= 11 is 0. The predicted molar refractivity (Wildman–Crippen MR) is 334 cm³/mol. The first-order chi connectivity index (χ1) is 40.1. The van der Waals surface area contributed by atoms with Crippen LogP contribution in [0.25, 0.3) is 161 Å². The smallest absolute Gasteiger partial charge is 0.160 e. The van der Waals surface area contributed by atoms with E-state index in [4.69, 9.17) is 19.9 Å². The summed E-state index contributed by atoms with van der Waals surface area (Å²) in [5.74, 6) is 1.29. The van der Waals surface area contributed by atoms with Gasteiger partial charge in [0.2, 0.25) is 0 Å². The standard InChI is InChI=1S/C74H47N7/c1-5-17-46(18-6-1)67-44-69(79-73(77-67)48-21-9-3-10-22-48)54-37-55(70-45-68(47-19-7-2-8-20-47)78-74(80-70)49-23-11-4-12-24-49)39-56(38-54)81-71-35-31-52(50-29-33-65-59(40-50)57-25-13-15-27-63(57)75-65)42-61(71)62-43-53(32-36-72(62)81)51-30-34-66-60(41-51)58-26-14-16-28-64(58)76-66/h1-45,75-76H. The zero-order chi connectivity index (χ0) is 53.4. The fourth-order valence-electron chi connectivity index (χ4n) is 11.9. The molecule has 5 aromatic heterocycles. The Kier molecular flexibility index (Phi) is 10.7. The predicted octanol–water partition coefficient (Wildman–Crippen LogP) is 19.0. The minimum Gasteiger partial charge on any atom is -0.355 e. The van der Waals surface area contributed by atoms with E-state index >= 15 is 0 Å². The van der Waals surface area contributed by atoms with E-state index in [-0.39, 0.29) is 0 Å². The third kappa shape index (κ3) is 8.14. The van der Waals surface area contributed by atoms with E-state index in [1.807, 2.05) is 48.5 Å². The summed E-state index contributed by atoms with van der Waals surface area (Å²) < 4.78 is 2.42. The van der Waals surface area contributed by atoms with Gasteiger partial charge in [0.15, 0.2) is 11.6 Å². The molecule has 0 bridgehead atoms. The van der Waals surface area contributed by atoms with Crippen LogP contribution in [0.3, 0.4) is 0 Å². The topological polar surface area (TPSA) is 88.1 Å². The van der Waals surface area contributed by atoms with Gasteiger partial charge in [-0.15, -0.1) is 0 Å². The number of aromatic nitrogens is 7. The van der Waals surface area contributed by atoms with E-state index in [2.05, 4.69) is 239 Å². The van der Waals surface area contributed by atoms with Gasteiger partial charge in [-0.05, 0) is 113 Å². The Balaban J connectivity index is 0.960. The van der Waals surface area contributed by atoms with Crippen molar-refractivity contribution in [2.75, 3.05) is 0 Å². The lowest BCUT2D eigenvalue weighted by Crippen LogP contribution is -2.00. The van der Waals surface area contributed by atoms with Gasteiger partial charge in [0.25, 0.3) is 0 Å². The molecule has 0 unspecified atom stereocenters. The van der Waals surface area contributed by atoms with Crippen molar-refractivity contribution in [1.29, 1.82) is 0 Å². The minimum absolute atomic E-state index is 0.646. The molecule has 2 N–H and O–H groups in total. The molecule has 0 saturated carbocycles. The molecule has 16 rings (SSSR count). The van der Waals surface area contributed by atoms with E-state index in [0.717, 1.165) is 128 Å². The Labute approximate surface area is 466 Å². The van der Waals surface area contributed by atoms with Gasteiger partial charge in [-0.3, -0.25) is 0 Å². The number of rotatable bonds is 9. The number of aromatic amines is 2. The van der Waals surface area contributed by atoms with Gasteiger partial charge < -0.3 is 14.5 Å². The maximum atomic E-state index is 5.42. The molecule has 7 heteroatoms. The highest BCUT2D eigenvalue weighted by Crippen LogP contribution is 2.42. The quantitative estimate of drug-likeness (QED) is 0.151. The lowest BCUT2D eigenvalue weighted by atomic mass is 9.98. The van der Waals surface area contributed by atoms with Gasteiger partial charge in [0.1, 0.15) is 0 Å². The van der Waals surface area contributed by atoms with Crippen molar-refractivity contribution in [2.45, 2.75) is 0 Å². The van der Waals surface area contributed by atoms with Gasteiger partial charge in [-0.2, -0.15) is 0 Å². The highest BCUT2D eigenvalue weighted by molar-refractivity contribution is 6.14. The molecule has 0 spiro atoms. The van der Waals surface area contributed by atoms with Crippen molar-refractivity contribution >= 4 is 65.4 Å². The Bertz CT molecular complexity index is 4670. The number of fused-ring (bicyclic) bond motifs is 9. The summed E-state index contributed by atoms with van der Waals surface area (Å²) in [5.41, 5.74) is 21.2. The normalized spacial score (nSPS) is 11.7. The summed E-state index contributed by atoms with van der Waals surface area (Å²) in [6.07, 6.45) is 0. The highest BCUT2D eigenvalue weighted by atomic mass is 15.0. The Morgan fingerprint density at radius 3 is 0.975 bits per heavy atom. The van der Waals surface area contributed by atoms with Crippen LogP contribution in [0.1, 0.15) is 0 Å². The molecule has 0 aliphatic rings. The second-order valence-corrected chi connectivity index (χ2v) is 20.8. The number of hydrogen-bond donors (Lipinski definition) is 2. The van der Waals surface area contributed by atoms with Gasteiger partial charge in [0, 0.05) is 93.5 Å². The zero-order valence-electron chi connectivity index (χ0n) is 43.7. The van der Waals surface area contributed by atoms with Crippen LogP contribution in [0.4, 0.5) is 0 Å².